The second-order valence-corrected chi connectivity index (χ2v) is 4.61. The van der Waals surface area contributed by atoms with E-state index in [1.54, 1.807) is 0 Å². The van der Waals surface area contributed by atoms with Gasteiger partial charge in [-0.2, -0.15) is 0 Å². The molecule has 1 heterocycles. The van der Waals surface area contributed by atoms with Crippen molar-refractivity contribution in [3.8, 4) is 0 Å². The minimum Gasteiger partial charge on any atom is -0.395 e. The first-order valence-electron chi connectivity index (χ1n) is 5.98. The number of piperidine rings is 1. The monoisotopic (exact) mass is 229 g/mol. The SMILES string of the molecule is CC(C(=O)NN)C(C)N1CCCCC1CO. The molecule has 3 atom stereocenters. The molecule has 1 rings (SSSR count). The van der Waals surface area contributed by atoms with Gasteiger partial charge in [0.2, 0.25) is 5.91 Å². The number of aliphatic hydroxyl groups excluding tert-OH is 1. The molecule has 1 aliphatic heterocycles. The molecular formula is C11H23N3O2. The zero-order chi connectivity index (χ0) is 12.1. The van der Waals surface area contributed by atoms with Gasteiger partial charge in [-0.15, -0.1) is 0 Å². The molecule has 94 valence electrons. The van der Waals surface area contributed by atoms with Gasteiger partial charge >= 0.3 is 0 Å². The summed E-state index contributed by atoms with van der Waals surface area (Å²) in [4.78, 5) is 13.7. The standard InChI is InChI=1S/C11H23N3O2/c1-8(11(16)13-12)9(2)14-6-4-3-5-10(14)7-15/h8-10,15H,3-7,12H2,1-2H3,(H,13,16). The van der Waals surface area contributed by atoms with E-state index < -0.39 is 0 Å². The minimum absolute atomic E-state index is 0.112. The molecule has 1 aliphatic rings. The predicted molar refractivity (Wildman–Crippen MR) is 62.4 cm³/mol. The number of hydrazine groups is 1. The fraction of sp³-hybridized carbons (Fsp3) is 0.909. The maximum atomic E-state index is 11.5. The Labute approximate surface area is 97.0 Å². The third kappa shape index (κ3) is 2.93. The summed E-state index contributed by atoms with van der Waals surface area (Å²) in [7, 11) is 0. The second-order valence-electron chi connectivity index (χ2n) is 4.61. The van der Waals surface area contributed by atoms with Gasteiger partial charge in [0.25, 0.3) is 0 Å². The van der Waals surface area contributed by atoms with E-state index in [1.165, 1.54) is 0 Å². The van der Waals surface area contributed by atoms with Crippen LogP contribution >= 0.6 is 0 Å². The zero-order valence-corrected chi connectivity index (χ0v) is 10.1. The van der Waals surface area contributed by atoms with Gasteiger partial charge in [0, 0.05) is 12.1 Å². The van der Waals surface area contributed by atoms with Gasteiger partial charge in [-0.3, -0.25) is 15.1 Å². The number of amides is 1. The largest absolute Gasteiger partial charge is 0.395 e. The van der Waals surface area contributed by atoms with Crippen LogP contribution in [0.5, 0.6) is 0 Å². The quantitative estimate of drug-likeness (QED) is 0.356. The molecule has 0 aromatic carbocycles. The summed E-state index contributed by atoms with van der Waals surface area (Å²) in [5.41, 5.74) is 2.19. The Morgan fingerprint density at radius 2 is 2.25 bits per heavy atom. The summed E-state index contributed by atoms with van der Waals surface area (Å²) in [5.74, 6) is 4.84. The lowest BCUT2D eigenvalue weighted by atomic mass is 9.94. The molecule has 0 radical (unpaired) electrons. The van der Waals surface area contributed by atoms with Gasteiger partial charge in [-0.25, -0.2) is 5.84 Å². The van der Waals surface area contributed by atoms with Gasteiger partial charge in [0.15, 0.2) is 0 Å². The van der Waals surface area contributed by atoms with Crippen LogP contribution in [0.1, 0.15) is 33.1 Å². The number of likely N-dealkylation sites (tertiary alicyclic amines) is 1. The van der Waals surface area contributed by atoms with Crippen molar-refractivity contribution in [1.29, 1.82) is 0 Å². The van der Waals surface area contributed by atoms with E-state index >= 15 is 0 Å². The molecule has 0 saturated carbocycles. The molecule has 5 heteroatoms. The number of carbonyl (C=O) groups is 1. The number of hydrogen-bond donors (Lipinski definition) is 3. The number of nitrogens with one attached hydrogen (secondary N) is 1. The normalized spacial score (nSPS) is 26.1. The van der Waals surface area contributed by atoms with Crippen LogP contribution in [0.25, 0.3) is 0 Å². The van der Waals surface area contributed by atoms with Gasteiger partial charge in [0.1, 0.15) is 0 Å². The smallest absolute Gasteiger partial charge is 0.238 e. The van der Waals surface area contributed by atoms with Gasteiger partial charge in [-0.1, -0.05) is 13.3 Å². The van der Waals surface area contributed by atoms with E-state index in [0.717, 1.165) is 25.8 Å². The lowest BCUT2D eigenvalue weighted by molar-refractivity contribution is -0.127. The van der Waals surface area contributed by atoms with Gasteiger partial charge < -0.3 is 5.11 Å². The summed E-state index contributed by atoms with van der Waals surface area (Å²) in [5, 5.41) is 9.32. The fourth-order valence-corrected chi connectivity index (χ4v) is 2.39. The summed E-state index contributed by atoms with van der Waals surface area (Å²) < 4.78 is 0. The third-order valence-electron chi connectivity index (χ3n) is 3.69. The Bertz CT molecular complexity index is 235. The average molecular weight is 229 g/mol. The Morgan fingerprint density at radius 1 is 1.56 bits per heavy atom. The first kappa shape index (κ1) is 13.4. The summed E-state index contributed by atoms with van der Waals surface area (Å²) in [6, 6.07) is 0.303. The molecule has 0 aliphatic carbocycles. The Kier molecular flexibility index (Phi) is 5.18. The number of rotatable bonds is 4. The lowest BCUT2D eigenvalue weighted by Crippen LogP contribution is -2.52. The molecule has 16 heavy (non-hydrogen) atoms. The van der Waals surface area contributed by atoms with Crippen LogP contribution < -0.4 is 11.3 Å². The van der Waals surface area contributed by atoms with E-state index in [4.69, 9.17) is 5.84 Å². The Balaban J connectivity index is 2.62. The first-order valence-corrected chi connectivity index (χ1v) is 5.98. The third-order valence-corrected chi connectivity index (χ3v) is 3.69. The van der Waals surface area contributed by atoms with E-state index in [1.807, 2.05) is 13.8 Å². The molecule has 1 amide bonds. The summed E-state index contributed by atoms with van der Waals surface area (Å²) in [6.45, 7) is 5.01. The minimum atomic E-state index is -0.155. The van der Waals surface area contributed by atoms with Crippen LogP contribution in [0, 0.1) is 5.92 Å². The van der Waals surface area contributed by atoms with Crippen molar-refractivity contribution in [2.75, 3.05) is 13.2 Å². The summed E-state index contributed by atoms with van der Waals surface area (Å²) >= 11 is 0. The molecule has 0 aromatic heterocycles. The van der Waals surface area contributed by atoms with E-state index in [0.29, 0.717) is 0 Å². The van der Waals surface area contributed by atoms with E-state index in [2.05, 4.69) is 10.3 Å². The highest BCUT2D eigenvalue weighted by Gasteiger charge is 2.31. The number of aliphatic hydroxyl groups is 1. The van der Waals surface area contributed by atoms with Crippen molar-refractivity contribution in [1.82, 2.24) is 10.3 Å². The maximum absolute atomic E-state index is 11.5. The van der Waals surface area contributed by atoms with Crippen LogP contribution in [0.15, 0.2) is 0 Å². The first-order chi connectivity index (χ1) is 7.61. The molecule has 3 unspecified atom stereocenters. The number of hydrogen-bond acceptors (Lipinski definition) is 4. The molecule has 1 saturated heterocycles. The predicted octanol–water partition coefficient (Wildman–Crippen LogP) is -0.152. The Morgan fingerprint density at radius 3 is 2.81 bits per heavy atom. The summed E-state index contributed by atoms with van der Waals surface area (Å²) in [6.07, 6.45) is 3.31. The van der Waals surface area contributed by atoms with Gasteiger partial charge in [-0.05, 0) is 26.3 Å². The number of nitrogens with two attached hydrogens (primary N) is 1. The van der Waals surface area contributed by atoms with Crippen LogP contribution in [-0.2, 0) is 4.79 Å². The Hall–Kier alpha value is -0.650. The molecule has 1 fully saturated rings. The molecule has 0 spiro atoms. The second kappa shape index (κ2) is 6.18. The van der Waals surface area contributed by atoms with Crippen molar-refractivity contribution >= 4 is 5.91 Å². The highest BCUT2D eigenvalue weighted by molar-refractivity contribution is 5.78. The molecule has 0 bridgehead atoms. The topological polar surface area (TPSA) is 78.6 Å². The van der Waals surface area contributed by atoms with Crippen molar-refractivity contribution < 1.29 is 9.90 Å². The van der Waals surface area contributed by atoms with Crippen LogP contribution in [0.4, 0.5) is 0 Å². The molecule has 5 nitrogen and oxygen atoms in total. The fourth-order valence-electron chi connectivity index (χ4n) is 2.39. The maximum Gasteiger partial charge on any atom is 0.238 e. The van der Waals surface area contributed by atoms with Crippen molar-refractivity contribution in [3.63, 3.8) is 0 Å². The highest BCUT2D eigenvalue weighted by Crippen LogP contribution is 2.22. The van der Waals surface area contributed by atoms with E-state index in [-0.39, 0.29) is 30.5 Å². The van der Waals surface area contributed by atoms with Crippen molar-refractivity contribution in [2.24, 2.45) is 11.8 Å². The molecular weight excluding hydrogens is 206 g/mol. The van der Waals surface area contributed by atoms with Crippen LogP contribution in [-0.4, -0.2) is 41.1 Å². The van der Waals surface area contributed by atoms with Crippen LogP contribution in [0.3, 0.4) is 0 Å². The average Bonchev–Trinajstić information content (AvgIpc) is 2.35. The van der Waals surface area contributed by atoms with Crippen molar-refractivity contribution in [2.45, 2.75) is 45.2 Å². The highest BCUT2D eigenvalue weighted by atomic mass is 16.3. The van der Waals surface area contributed by atoms with E-state index in [9.17, 15) is 9.90 Å². The lowest BCUT2D eigenvalue weighted by Gasteiger charge is -2.40. The van der Waals surface area contributed by atoms with Gasteiger partial charge in [0.05, 0.1) is 12.5 Å². The number of carbonyl (C=O) groups excluding carboxylic acids is 1. The molecule has 4 N–H and O–H groups in total. The van der Waals surface area contributed by atoms with Crippen molar-refractivity contribution in [3.05, 3.63) is 0 Å². The van der Waals surface area contributed by atoms with Crippen LogP contribution in [0.2, 0.25) is 0 Å². The number of nitrogens with zero attached hydrogens (tertiary/aromatic N) is 1. The zero-order valence-electron chi connectivity index (χ0n) is 10.1. The molecule has 0 aromatic rings.